The summed E-state index contributed by atoms with van der Waals surface area (Å²) < 4.78 is 5.06. The molecule has 0 fully saturated rings. The molecule has 2 aromatic rings. The van der Waals surface area contributed by atoms with Crippen molar-refractivity contribution in [3.63, 3.8) is 0 Å². The minimum atomic E-state index is -0.532. The van der Waals surface area contributed by atoms with Crippen molar-refractivity contribution in [2.45, 2.75) is 33.6 Å². The Bertz CT molecular complexity index is 861. The second-order valence-electron chi connectivity index (χ2n) is 6.63. The van der Waals surface area contributed by atoms with Crippen LogP contribution in [0.2, 0.25) is 0 Å². The van der Waals surface area contributed by atoms with E-state index in [0.29, 0.717) is 11.4 Å². The van der Waals surface area contributed by atoms with E-state index in [1.807, 2.05) is 38.1 Å². The number of nitrogens with one attached hydrogen (secondary N) is 1. The average Bonchev–Trinajstić information content (AvgIpc) is 2.66. The van der Waals surface area contributed by atoms with E-state index in [0.717, 1.165) is 5.56 Å². The number of amides is 2. The zero-order valence-corrected chi connectivity index (χ0v) is 16.7. The van der Waals surface area contributed by atoms with Gasteiger partial charge in [0.1, 0.15) is 6.54 Å². The number of carbonyl (C=O) groups is 3. The Kier molecular flexibility index (Phi) is 7.32. The van der Waals surface area contributed by atoms with Crippen LogP contribution in [0.3, 0.4) is 0 Å². The van der Waals surface area contributed by atoms with Gasteiger partial charge in [0.05, 0.1) is 17.9 Å². The van der Waals surface area contributed by atoms with Crippen molar-refractivity contribution in [3.8, 4) is 0 Å². The maximum atomic E-state index is 12.7. The molecule has 0 radical (unpaired) electrons. The molecule has 0 aromatic heterocycles. The van der Waals surface area contributed by atoms with Crippen LogP contribution in [0.1, 0.15) is 49.5 Å². The average molecular weight is 382 g/mol. The maximum absolute atomic E-state index is 12.7. The molecule has 0 heterocycles. The summed E-state index contributed by atoms with van der Waals surface area (Å²) in [5, 5.41) is 2.87. The number of hydrogen-bond donors (Lipinski definition) is 1. The van der Waals surface area contributed by atoms with Crippen molar-refractivity contribution in [2.24, 2.45) is 0 Å². The Hall–Kier alpha value is -3.15. The van der Waals surface area contributed by atoms with Gasteiger partial charge in [-0.15, -0.1) is 0 Å². The van der Waals surface area contributed by atoms with Crippen LogP contribution in [0, 0.1) is 0 Å². The van der Waals surface area contributed by atoms with Crippen molar-refractivity contribution in [1.29, 1.82) is 0 Å². The lowest BCUT2D eigenvalue weighted by molar-refractivity contribution is -0.120. The normalized spacial score (nSPS) is 10.5. The van der Waals surface area contributed by atoms with Crippen LogP contribution in [-0.4, -0.2) is 30.9 Å². The van der Waals surface area contributed by atoms with E-state index >= 15 is 0 Å². The van der Waals surface area contributed by atoms with Crippen molar-refractivity contribution >= 4 is 29.2 Å². The molecule has 2 amide bonds. The van der Waals surface area contributed by atoms with Crippen LogP contribution >= 0.6 is 0 Å². The summed E-state index contributed by atoms with van der Waals surface area (Å²) in [5.74, 6) is -0.981. The van der Waals surface area contributed by atoms with E-state index in [1.165, 1.54) is 11.8 Å². The fourth-order valence-corrected chi connectivity index (χ4v) is 2.90. The lowest BCUT2D eigenvalue weighted by Gasteiger charge is -2.23. The van der Waals surface area contributed by atoms with Gasteiger partial charge in [0.15, 0.2) is 0 Å². The predicted octanol–water partition coefficient (Wildman–Crippen LogP) is 3.98. The van der Waals surface area contributed by atoms with Gasteiger partial charge in [0.25, 0.3) is 0 Å². The Balaban J connectivity index is 2.26. The summed E-state index contributed by atoms with van der Waals surface area (Å²) in [7, 11) is 0. The van der Waals surface area contributed by atoms with Gasteiger partial charge in [0, 0.05) is 12.6 Å². The van der Waals surface area contributed by atoms with E-state index in [9.17, 15) is 14.4 Å². The number of anilines is 2. The standard InChI is InChI=1S/C22H26N2O4/c1-5-28-22(27)18-11-7-9-13-20(18)24(16(4)25)14-21(26)23-19-12-8-6-10-17(19)15(2)3/h6-13,15H,5,14H2,1-4H3,(H,23,26). The van der Waals surface area contributed by atoms with Crippen LogP contribution in [0.4, 0.5) is 11.4 Å². The van der Waals surface area contributed by atoms with E-state index in [1.54, 1.807) is 31.2 Å². The van der Waals surface area contributed by atoms with Crippen molar-refractivity contribution in [2.75, 3.05) is 23.4 Å². The molecule has 0 atom stereocenters. The molecular weight excluding hydrogens is 356 g/mol. The highest BCUT2D eigenvalue weighted by atomic mass is 16.5. The third kappa shape index (κ3) is 5.19. The van der Waals surface area contributed by atoms with Crippen molar-refractivity contribution < 1.29 is 19.1 Å². The molecule has 0 bridgehead atoms. The second-order valence-corrected chi connectivity index (χ2v) is 6.63. The Morgan fingerprint density at radius 2 is 1.68 bits per heavy atom. The molecule has 1 N–H and O–H groups in total. The van der Waals surface area contributed by atoms with Gasteiger partial charge < -0.3 is 15.0 Å². The number of benzene rings is 2. The molecule has 0 unspecified atom stereocenters. The lowest BCUT2D eigenvalue weighted by Crippen LogP contribution is -2.37. The summed E-state index contributed by atoms with van der Waals surface area (Å²) in [6.07, 6.45) is 0. The van der Waals surface area contributed by atoms with Gasteiger partial charge in [-0.25, -0.2) is 4.79 Å². The van der Waals surface area contributed by atoms with Crippen molar-refractivity contribution in [1.82, 2.24) is 0 Å². The first-order valence-corrected chi connectivity index (χ1v) is 9.28. The second kappa shape index (κ2) is 9.69. The minimum absolute atomic E-state index is 0.210. The first-order chi connectivity index (χ1) is 13.3. The van der Waals surface area contributed by atoms with Crippen LogP contribution in [0.15, 0.2) is 48.5 Å². The van der Waals surface area contributed by atoms with Gasteiger partial charge in [-0.05, 0) is 36.6 Å². The molecular formula is C22H26N2O4. The Morgan fingerprint density at radius 1 is 1.04 bits per heavy atom. The number of hydrogen-bond acceptors (Lipinski definition) is 4. The highest BCUT2D eigenvalue weighted by Gasteiger charge is 2.22. The van der Waals surface area contributed by atoms with E-state index < -0.39 is 5.97 Å². The zero-order valence-electron chi connectivity index (χ0n) is 16.7. The molecule has 148 valence electrons. The fraction of sp³-hybridized carbons (Fsp3) is 0.318. The summed E-state index contributed by atoms with van der Waals surface area (Å²) >= 11 is 0. The maximum Gasteiger partial charge on any atom is 0.340 e. The highest BCUT2D eigenvalue weighted by molar-refractivity contribution is 6.06. The first-order valence-electron chi connectivity index (χ1n) is 9.28. The van der Waals surface area contributed by atoms with Gasteiger partial charge in [-0.3, -0.25) is 9.59 Å². The molecule has 28 heavy (non-hydrogen) atoms. The molecule has 6 heteroatoms. The van der Waals surface area contributed by atoms with Gasteiger partial charge >= 0.3 is 5.97 Å². The molecule has 2 rings (SSSR count). The molecule has 0 aliphatic carbocycles. The zero-order chi connectivity index (χ0) is 20.7. The first kappa shape index (κ1) is 21.2. The van der Waals surface area contributed by atoms with Gasteiger partial charge in [-0.2, -0.15) is 0 Å². The number of ether oxygens (including phenoxy) is 1. The summed E-state index contributed by atoms with van der Waals surface area (Å²) in [6.45, 7) is 7.17. The van der Waals surface area contributed by atoms with Gasteiger partial charge in [0.2, 0.25) is 11.8 Å². The van der Waals surface area contributed by atoms with Crippen LogP contribution in [0.5, 0.6) is 0 Å². The van der Waals surface area contributed by atoms with E-state index in [2.05, 4.69) is 5.32 Å². The molecule has 6 nitrogen and oxygen atoms in total. The van der Waals surface area contributed by atoms with Crippen LogP contribution in [0.25, 0.3) is 0 Å². The largest absolute Gasteiger partial charge is 0.462 e. The molecule has 2 aromatic carbocycles. The molecule has 0 spiro atoms. The monoisotopic (exact) mass is 382 g/mol. The number of esters is 1. The summed E-state index contributed by atoms with van der Waals surface area (Å²) in [4.78, 5) is 38.4. The minimum Gasteiger partial charge on any atom is -0.462 e. The summed E-state index contributed by atoms with van der Waals surface area (Å²) in [6, 6.07) is 14.2. The molecule has 0 saturated heterocycles. The third-order valence-electron chi connectivity index (χ3n) is 4.23. The van der Waals surface area contributed by atoms with Gasteiger partial charge in [-0.1, -0.05) is 44.2 Å². The topological polar surface area (TPSA) is 75.7 Å². The molecule has 0 aliphatic heterocycles. The third-order valence-corrected chi connectivity index (χ3v) is 4.23. The quantitative estimate of drug-likeness (QED) is 0.735. The number of carbonyl (C=O) groups excluding carboxylic acids is 3. The van der Waals surface area contributed by atoms with Crippen LogP contribution < -0.4 is 10.2 Å². The Labute approximate surface area is 165 Å². The number of para-hydroxylation sites is 2. The SMILES string of the molecule is CCOC(=O)c1ccccc1N(CC(=O)Nc1ccccc1C(C)C)C(C)=O. The molecule has 0 aliphatic rings. The number of nitrogens with zero attached hydrogens (tertiary/aromatic N) is 1. The van der Waals surface area contributed by atoms with Crippen molar-refractivity contribution in [3.05, 3.63) is 59.7 Å². The van der Waals surface area contributed by atoms with Crippen LogP contribution in [-0.2, 0) is 14.3 Å². The van der Waals surface area contributed by atoms with E-state index in [4.69, 9.17) is 4.74 Å². The highest BCUT2D eigenvalue weighted by Crippen LogP contribution is 2.25. The van der Waals surface area contributed by atoms with E-state index in [-0.39, 0.29) is 36.4 Å². The number of rotatable bonds is 7. The summed E-state index contributed by atoms with van der Waals surface area (Å²) in [5.41, 5.74) is 2.32. The predicted molar refractivity (Wildman–Crippen MR) is 110 cm³/mol. The fourth-order valence-electron chi connectivity index (χ4n) is 2.90. The molecule has 0 saturated carbocycles. The Morgan fingerprint density at radius 3 is 2.32 bits per heavy atom. The lowest BCUT2D eigenvalue weighted by atomic mass is 10.0. The smallest absolute Gasteiger partial charge is 0.340 e.